The van der Waals surface area contributed by atoms with Crippen LogP contribution in [0.25, 0.3) is 0 Å². The van der Waals surface area contributed by atoms with Crippen molar-refractivity contribution in [2.75, 3.05) is 19.9 Å². The Bertz CT molecular complexity index is 777. The van der Waals surface area contributed by atoms with E-state index in [1.165, 1.54) is 17.3 Å². The topological polar surface area (TPSA) is 58.6 Å². The van der Waals surface area contributed by atoms with Crippen LogP contribution in [0.4, 0.5) is 0 Å². The molecule has 0 fully saturated rings. The van der Waals surface area contributed by atoms with Gasteiger partial charge in [-0.05, 0) is 43.7 Å². The number of rotatable bonds is 8. The van der Waals surface area contributed by atoms with Crippen LogP contribution in [0.1, 0.15) is 18.1 Å². The molecule has 1 N–H and O–H groups in total. The summed E-state index contributed by atoms with van der Waals surface area (Å²) in [6.07, 6.45) is 0. The lowest BCUT2D eigenvalue weighted by Crippen LogP contribution is -2.47. The van der Waals surface area contributed by atoms with Crippen LogP contribution in [-0.4, -0.2) is 42.7 Å². The van der Waals surface area contributed by atoms with Gasteiger partial charge in [-0.25, -0.2) is 0 Å². The number of amides is 2. The predicted molar refractivity (Wildman–Crippen MR) is 109 cm³/mol. The Kier molecular flexibility index (Phi) is 7.73. The minimum absolute atomic E-state index is 0.0838. The molecule has 5 nitrogen and oxygen atoms in total. The molecule has 27 heavy (non-hydrogen) atoms. The summed E-state index contributed by atoms with van der Waals surface area (Å²) < 4.78 is 5.25. The summed E-state index contributed by atoms with van der Waals surface area (Å²) in [5, 5.41) is 2.62. The fraction of sp³-hybridized carbons (Fsp3) is 0.333. The van der Waals surface area contributed by atoms with Crippen LogP contribution in [0.5, 0.6) is 5.75 Å². The quantitative estimate of drug-likeness (QED) is 0.708. The van der Waals surface area contributed by atoms with Gasteiger partial charge in [0.1, 0.15) is 11.8 Å². The van der Waals surface area contributed by atoms with Crippen molar-refractivity contribution in [1.29, 1.82) is 0 Å². The molecule has 2 aromatic carbocycles. The number of nitrogens with one attached hydrogen (secondary N) is 1. The number of likely N-dealkylation sites (N-methyl/N-ethyl adjacent to an activating group) is 1. The molecule has 2 aromatic rings. The Balaban J connectivity index is 2.13. The summed E-state index contributed by atoms with van der Waals surface area (Å²) in [5.74, 6) is 0.724. The van der Waals surface area contributed by atoms with Crippen molar-refractivity contribution in [3.63, 3.8) is 0 Å². The summed E-state index contributed by atoms with van der Waals surface area (Å²) in [6, 6.07) is 15.0. The molecule has 0 bridgehead atoms. The maximum atomic E-state index is 12.9. The molecule has 144 valence electrons. The fourth-order valence-corrected chi connectivity index (χ4v) is 3.41. The molecule has 1 unspecified atom stereocenters. The monoisotopic (exact) mass is 386 g/mol. The van der Waals surface area contributed by atoms with Crippen molar-refractivity contribution in [2.24, 2.45) is 0 Å². The van der Waals surface area contributed by atoms with E-state index in [1.54, 1.807) is 26.0 Å². The second-order valence-corrected chi connectivity index (χ2v) is 7.31. The Morgan fingerprint density at radius 1 is 1.19 bits per heavy atom. The van der Waals surface area contributed by atoms with Gasteiger partial charge >= 0.3 is 0 Å². The minimum atomic E-state index is -0.563. The number of hydrogen-bond donors (Lipinski definition) is 1. The number of carbonyl (C=O) groups excluding carboxylic acids is 2. The molecule has 0 heterocycles. The lowest BCUT2D eigenvalue weighted by molar-refractivity contribution is -0.138. The highest BCUT2D eigenvalue weighted by molar-refractivity contribution is 8.00. The number of nitrogens with zero attached hydrogens (tertiary/aromatic N) is 1. The molecule has 2 amide bonds. The standard InChI is InChI=1S/C21H26N2O3S/c1-15-8-10-19(11-9-15)27-14-20(24)23(16(2)21(25)22-3)13-17-6-5-7-18(12-17)26-4/h5-12,16H,13-14H2,1-4H3,(H,22,25). The molecule has 0 aliphatic rings. The number of carbonyl (C=O) groups is 2. The maximum absolute atomic E-state index is 12.9. The largest absolute Gasteiger partial charge is 0.497 e. The van der Waals surface area contributed by atoms with E-state index < -0.39 is 6.04 Å². The highest BCUT2D eigenvalue weighted by atomic mass is 32.2. The molecule has 0 saturated carbocycles. The normalized spacial score (nSPS) is 11.6. The smallest absolute Gasteiger partial charge is 0.242 e. The van der Waals surface area contributed by atoms with Crippen LogP contribution < -0.4 is 10.1 Å². The molecule has 0 aromatic heterocycles. The van der Waals surface area contributed by atoms with Gasteiger partial charge in [0.25, 0.3) is 0 Å². The molecule has 2 rings (SSSR count). The lowest BCUT2D eigenvalue weighted by Gasteiger charge is -2.28. The summed E-state index contributed by atoms with van der Waals surface area (Å²) >= 11 is 1.47. The lowest BCUT2D eigenvalue weighted by atomic mass is 10.1. The van der Waals surface area contributed by atoms with E-state index in [0.29, 0.717) is 6.54 Å². The van der Waals surface area contributed by atoms with Crippen molar-refractivity contribution in [3.05, 3.63) is 59.7 Å². The number of benzene rings is 2. The van der Waals surface area contributed by atoms with E-state index in [4.69, 9.17) is 4.74 Å². The van der Waals surface area contributed by atoms with E-state index >= 15 is 0 Å². The summed E-state index contributed by atoms with van der Waals surface area (Å²) in [4.78, 5) is 27.7. The highest BCUT2D eigenvalue weighted by Crippen LogP contribution is 2.21. The van der Waals surface area contributed by atoms with Crippen molar-refractivity contribution in [2.45, 2.75) is 31.3 Å². The van der Waals surface area contributed by atoms with Crippen LogP contribution in [0, 0.1) is 6.92 Å². The molecule has 0 radical (unpaired) electrons. The Morgan fingerprint density at radius 3 is 2.52 bits per heavy atom. The molecule has 0 saturated heterocycles. The zero-order valence-corrected chi connectivity index (χ0v) is 17.0. The molecule has 0 aliphatic carbocycles. The van der Waals surface area contributed by atoms with E-state index in [0.717, 1.165) is 16.2 Å². The Morgan fingerprint density at radius 2 is 1.89 bits per heavy atom. The first-order valence-electron chi connectivity index (χ1n) is 8.78. The predicted octanol–water partition coefficient (Wildman–Crippen LogP) is 3.26. The second kappa shape index (κ2) is 10.0. The van der Waals surface area contributed by atoms with Gasteiger partial charge < -0.3 is 15.0 Å². The van der Waals surface area contributed by atoms with Crippen LogP contribution in [0.2, 0.25) is 0 Å². The maximum Gasteiger partial charge on any atom is 0.242 e. The number of methoxy groups -OCH3 is 1. The van der Waals surface area contributed by atoms with Crippen molar-refractivity contribution in [3.8, 4) is 5.75 Å². The first-order chi connectivity index (χ1) is 12.9. The third kappa shape index (κ3) is 6.03. The van der Waals surface area contributed by atoms with Gasteiger partial charge in [0.15, 0.2) is 0 Å². The summed E-state index contributed by atoms with van der Waals surface area (Å²) in [6.45, 7) is 4.12. The van der Waals surface area contributed by atoms with Gasteiger partial charge in [-0.2, -0.15) is 0 Å². The Hall–Kier alpha value is -2.47. The average molecular weight is 387 g/mol. The van der Waals surface area contributed by atoms with Gasteiger partial charge in [-0.1, -0.05) is 29.8 Å². The van der Waals surface area contributed by atoms with Gasteiger partial charge in [0.05, 0.1) is 12.9 Å². The summed E-state index contributed by atoms with van der Waals surface area (Å²) in [7, 11) is 3.18. The minimum Gasteiger partial charge on any atom is -0.497 e. The van der Waals surface area contributed by atoms with E-state index in [2.05, 4.69) is 5.32 Å². The highest BCUT2D eigenvalue weighted by Gasteiger charge is 2.25. The number of thioether (sulfide) groups is 1. The van der Waals surface area contributed by atoms with Gasteiger partial charge in [-0.3, -0.25) is 9.59 Å². The SMILES string of the molecule is CNC(=O)C(C)N(Cc1cccc(OC)c1)C(=O)CSc1ccc(C)cc1. The molecule has 1 atom stereocenters. The fourth-order valence-electron chi connectivity index (χ4n) is 2.62. The molecule has 0 spiro atoms. The second-order valence-electron chi connectivity index (χ2n) is 6.27. The summed E-state index contributed by atoms with van der Waals surface area (Å²) in [5.41, 5.74) is 2.09. The van der Waals surface area contributed by atoms with Crippen molar-refractivity contribution >= 4 is 23.6 Å². The third-order valence-corrected chi connectivity index (χ3v) is 5.28. The number of hydrogen-bond acceptors (Lipinski definition) is 4. The van der Waals surface area contributed by atoms with Crippen LogP contribution in [-0.2, 0) is 16.1 Å². The van der Waals surface area contributed by atoms with E-state index in [9.17, 15) is 9.59 Å². The first kappa shape index (κ1) is 20.8. The van der Waals surface area contributed by atoms with Crippen molar-refractivity contribution < 1.29 is 14.3 Å². The van der Waals surface area contributed by atoms with Crippen LogP contribution >= 0.6 is 11.8 Å². The van der Waals surface area contributed by atoms with Gasteiger partial charge in [0.2, 0.25) is 11.8 Å². The van der Waals surface area contributed by atoms with Crippen LogP contribution in [0.15, 0.2) is 53.4 Å². The van der Waals surface area contributed by atoms with Gasteiger partial charge in [-0.15, -0.1) is 11.8 Å². The third-order valence-electron chi connectivity index (χ3n) is 4.28. The number of aryl methyl sites for hydroxylation is 1. The molecular formula is C21H26N2O3S. The number of ether oxygens (including phenoxy) is 1. The van der Waals surface area contributed by atoms with Crippen molar-refractivity contribution in [1.82, 2.24) is 10.2 Å². The molecule has 0 aliphatic heterocycles. The average Bonchev–Trinajstić information content (AvgIpc) is 2.70. The molecule has 6 heteroatoms. The molecular weight excluding hydrogens is 360 g/mol. The zero-order chi connectivity index (χ0) is 19.8. The van der Waals surface area contributed by atoms with Crippen LogP contribution in [0.3, 0.4) is 0 Å². The van der Waals surface area contributed by atoms with Gasteiger partial charge in [0, 0.05) is 18.5 Å². The first-order valence-corrected chi connectivity index (χ1v) is 9.76. The Labute approximate surface area is 165 Å². The zero-order valence-electron chi connectivity index (χ0n) is 16.2. The van der Waals surface area contributed by atoms with E-state index in [1.807, 2.05) is 55.5 Å². The van der Waals surface area contributed by atoms with E-state index in [-0.39, 0.29) is 17.6 Å².